The molecule has 4 heterocycles. The van der Waals surface area contributed by atoms with Crippen molar-refractivity contribution in [2.75, 3.05) is 13.1 Å². The Morgan fingerprint density at radius 3 is 3.22 bits per heavy atom. The molecular weight excluding hydrogens is 376 g/mol. The summed E-state index contributed by atoms with van der Waals surface area (Å²) in [5.74, 6) is 0.0546. The molecule has 2 aromatic rings. The van der Waals surface area contributed by atoms with E-state index >= 15 is 0 Å². The molecule has 0 aliphatic carbocycles. The average Bonchev–Trinajstić information content (AvgIpc) is 3.08. The first-order valence-corrected chi connectivity index (χ1v) is 9.69. The number of fused-ring (bicyclic) bond motifs is 3. The van der Waals surface area contributed by atoms with Crippen LogP contribution in [0.3, 0.4) is 0 Å². The summed E-state index contributed by atoms with van der Waals surface area (Å²) >= 11 is 5.22. The van der Waals surface area contributed by atoms with Crippen LogP contribution in [0.1, 0.15) is 33.8 Å². The second-order valence-electron chi connectivity index (χ2n) is 6.13. The average molecular weight is 395 g/mol. The van der Waals surface area contributed by atoms with E-state index in [1.165, 1.54) is 4.88 Å². The van der Waals surface area contributed by atoms with Crippen LogP contribution in [0, 0.1) is 0 Å². The van der Waals surface area contributed by atoms with Gasteiger partial charge < -0.3 is 10.6 Å². The van der Waals surface area contributed by atoms with E-state index in [0.717, 1.165) is 65.9 Å². The molecule has 0 radical (unpaired) electrons. The van der Waals surface area contributed by atoms with Gasteiger partial charge in [-0.1, -0.05) is 0 Å². The van der Waals surface area contributed by atoms with Crippen LogP contribution < -0.4 is 10.6 Å². The fraction of sp³-hybridized carbons (Fsp3) is 0.500. The van der Waals surface area contributed by atoms with Crippen molar-refractivity contribution < 1.29 is 4.79 Å². The molecule has 0 spiro atoms. The highest BCUT2D eigenvalue weighted by atomic mass is 79.9. The molecule has 4 rings (SSSR count). The topological polar surface area (TPSA) is 59.0 Å². The van der Waals surface area contributed by atoms with Gasteiger partial charge in [0, 0.05) is 29.6 Å². The zero-order valence-corrected chi connectivity index (χ0v) is 15.2. The lowest BCUT2D eigenvalue weighted by Crippen LogP contribution is -2.45. The van der Waals surface area contributed by atoms with Gasteiger partial charge in [-0.3, -0.25) is 9.48 Å². The van der Waals surface area contributed by atoms with Crippen LogP contribution in [0.2, 0.25) is 0 Å². The SMILES string of the molecule is O=C(NC1CCCNC1)c1cc2c(s1)CCCn1ncc(Br)c1-2. The van der Waals surface area contributed by atoms with Gasteiger partial charge in [-0.25, -0.2) is 0 Å². The second-order valence-corrected chi connectivity index (χ2v) is 8.12. The fourth-order valence-electron chi connectivity index (χ4n) is 3.35. The van der Waals surface area contributed by atoms with Crippen LogP contribution in [0.5, 0.6) is 0 Å². The number of amides is 1. The molecule has 1 fully saturated rings. The molecule has 0 saturated carbocycles. The first-order valence-electron chi connectivity index (χ1n) is 8.08. The number of hydrogen-bond donors (Lipinski definition) is 2. The van der Waals surface area contributed by atoms with Gasteiger partial charge in [0.2, 0.25) is 0 Å². The number of nitrogens with one attached hydrogen (secondary N) is 2. The lowest BCUT2D eigenvalue weighted by atomic mass is 10.1. The number of thiophene rings is 1. The number of aromatic nitrogens is 2. The Morgan fingerprint density at radius 2 is 2.39 bits per heavy atom. The third-order valence-corrected chi connectivity index (χ3v) is 6.26. The highest BCUT2D eigenvalue weighted by Crippen LogP contribution is 2.38. The molecule has 122 valence electrons. The molecule has 2 N–H and O–H groups in total. The molecule has 0 bridgehead atoms. The predicted octanol–water partition coefficient (Wildman–Crippen LogP) is 2.80. The summed E-state index contributed by atoms with van der Waals surface area (Å²) in [5, 5.41) is 10.9. The molecule has 1 atom stereocenters. The standard InChI is InChI=1S/C16H19BrN4OS/c17-12-9-19-21-6-2-4-13-11(15(12)21)7-14(23-13)16(22)20-10-3-1-5-18-8-10/h7,9-10,18H,1-6,8H2,(H,20,22). The summed E-state index contributed by atoms with van der Waals surface area (Å²) < 4.78 is 3.04. The quantitative estimate of drug-likeness (QED) is 0.822. The molecule has 23 heavy (non-hydrogen) atoms. The van der Waals surface area contributed by atoms with Crippen LogP contribution in [0.4, 0.5) is 0 Å². The molecule has 1 amide bonds. The van der Waals surface area contributed by atoms with Gasteiger partial charge in [-0.05, 0) is 54.2 Å². The maximum Gasteiger partial charge on any atom is 0.261 e. The Morgan fingerprint density at radius 1 is 1.48 bits per heavy atom. The summed E-state index contributed by atoms with van der Waals surface area (Å²) in [4.78, 5) is 14.7. The van der Waals surface area contributed by atoms with Gasteiger partial charge in [-0.2, -0.15) is 5.10 Å². The largest absolute Gasteiger partial charge is 0.347 e. The summed E-state index contributed by atoms with van der Waals surface area (Å²) in [6, 6.07) is 2.28. The molecule has 1 saturated heterocycles. The highest BCUT2D eigenvalue weighted by Gasteiger charge is 2.24. The normalized spacial score (nSPS) is 20.5. The number of halogens is 1. The van der Waals surface area contributed by atoms with Crippen molar-refractivity contribution in [2.24, 2.45) is 0 Å². The van der Waals surface area contributed by atoms with E-state index in [0.29, 0.717) is 0 Å². The first-order chi connectivity index (χ1) is 11.2. The molecule has 0 aromatic carbocycles. The van der Waals surface area contributed by atoms with Gasteiger partial charge in [0.25, 0.3) is 5.91 Å². The van der Waals surface area contributed by atoms with Crippen molar-refractivity contribution in [2.45, 2.75) is 38.3 Å². The van der Waals surface area contributed by atoms with Crippen LogP contribution in [-0.2, 0) is 13.0 Å². The predicted molar refractivity (Wildman–Crippen MR) is 94.9 cm³/mol. The van der Waals surface area contributed by atoms with Crippen LogP contribution in [0.15, 0.2) is 16.7 Å². The number of piperidine rings is 1. The highest BCUT2D eigenvalue weighted by molar-refractivity contribution is 9.10. The van der Waals surface area contributed by atoms with Crippen molar-refractivity contribution in [3.05, 3.63) is 26.5 Å². The summed E-state index contributed by atoms with van der Waals surface area (Å²) in [5.41, 5.74) is 2.26. The van der Waals surface area contributed by atoms with E-state index in [1.807, 2.05) is 16.9 Å². The molecule has 2 aliphatic heterocycles. The Balaban J connectivity index is 1.61. The number of carbonyl (C=O) groups is 1. The molecule has 7 heteroatoms. The number of rotatable bonds is 2. The zero-order valence-electron chi connectivity index (χ0n) is 12.8. The van der Waals surface area contributed by atoms with E-state index in [9.17, 15) is 4.79 Å². The fourth-order valence-corrected chi connectivity index (χ4v) is 4.96. The van der Waals surface area contributed by atoms with Crippen molar-refractivity contribution >= 4 is 33.2 Å². The summed E-state index contributed by atoms with van der Waals surface area (Å²) in [6.07, 6.45) is 6.09. The third-order valence-electron chi connectivity index (χ3n) is 4.49. The zero-order chi connectivity index (χ0) is 15.8. The molecule has 2 aromatic heterocycles. The Kier molecular flexibility index (Phi) is 4.26. The van der Waals surface area contributed by atoms with E-state index in [-0.39, 0.29) is 11.9 Å². The summed E-state index contributed by atoms with van der Waals surface area (Å²) in [7, 11) is 0. The van der Waals surface area contributed by atoms with Gasteiger partial charge in [0.1, 0.15) is 0 Å². The first kappa shape index (κ1) is 15.4. The van der Waals surface area contributed by atoms with Gasteiger partial charge in [0.15, 0.2) is 0 Å². The molecule has 5 nitrogen and oxygen atoms in total. The lowest BCUT2D eigenvalue weighted by molar-refractivity contribution is 0.0935. The number of carbonyl (C=O) groups excluding carboxylic acids is 1. The van der Waals surface area contributed by atoms with Gasteiger partial charge in [0.05, 0.1) is 21.2 Å². The molecule has 2 aliphatic rings. The van der Waals surface area contributed by atoms with Crippen molar-refractivity contribution in [1.82, 2.24) is 20.4 Å². The minimum atomic E-state index is 0.0546. The van der Waals surface area contributed by atoms with E-state index < -0.39 is 0 Å². The maximum atomic E-state index is 12.6. The number of aryl methyl sites for hydroxylation is 2. The number of hydrogen-bond acceptors (Lipinski definition) is 4. The Hall–Kier alpha value is -1.18. The van der Waals surface area contributed by atoms with E-state index in [2.05, 4.69) is 31.7 Å². The molecule has 1 unspecified atom stereocenters. The van der Waals surface area contributed by atoms with E-state index in [4.69, 9.17) is 0 Å². The maximum absolute atomic E-state index is 12.6. The minimum absolute atomic E-state index is 0.0546. The monoisotopic (exact) mass is 394 g/mol. The lowest BCUT2D eigenvalue weighted by Gasteiger charge is -2.23. The van der Waals surface area contributed by atoms with Crippen molar-refractivity contribution in [1.29, 1.82) is 0 Å². The minimum Gasteiger partial charge on any atom is -0.347 e. The number of nitrogens with zero attached hydrogens (tertiary/aromatic N) is 2. The second kappa shape index (κ2) is 6.37. The van der Waals surface area contributed by atoms with E-state index in [1.54, 1.807) is 11.3 Å². The van der Waals surface area contributed by atoms with Crippen LogP contribution in [0.25, 0.3) is 11.3 Å². The van der Waals surface area contributed by atoms with Crippen LogP contribution in [-0.4, -0.2) is 34.8 Å². The Bertz CT molecular complexity index is 733. The smallest absolute Gasteiger partial charge is 0.261 e. The van der Waals surface area contributed by atoms with Crippen molar-refractivity contribution in [3.8, 4) is 11.3 Å². The van der Waals surface area contributed by atoms with Crippen LogP contribution >= 0.6 is 27.3 Å². The van der Waals surface area contributed by atoms with Crippen molar-refractivity contribution in [3.63, 3.8) is 0 Å². The van der Waals surface area contributed by atoms with Gasteiger partial charge >= 0.3 is 0 Å². The third kappa shape index (κ3) is 2.97. The summed E-state index contributed by atoms with van der Waals surface area (Å²) in [6.45, 7) is 2.85. The van der Waals surface area contributed by atoms with Gasteiger partial charge in [-0.15, -0.1) is 11.3 Å². The Labute approximate surface area is 147 Å². The molecular formula is C16H19BrN4OS.